The van der Waals surface area contributed by atoms with Crippen LogP contribution in [0.3, 0.4) is 0 Å². The van der Waals surface area contributed by atoms with Gasteiger partial charge in [0.05, 0.1) is 20.3 Å². The summed E-state index contributed by atoms with van der Waals surface area (Å²) in [4.78, 5) is 23.7. The maximum Gasteiger partial charge on any atom is 0.422 e. The van der Waals surface area contributed by atoms with E-state index < -0.39 is 37.3 Å². The molecular formula is C12H19F3NO6P. The van der Waals surface area contributed by atoms with Crippen LogP contribution in [0.1, 0.15) is 20.3 Å². The van der Waals surface area contributed by atoms with Crippen molar-refractivity contribution in [3.05, 3.63) is 12.7 Å². The Bertz CT molecular complexity index is 486. The van der Waals surface area contributed by atoms with Crippen molar-refractivity contribution < 1.29 is 41.1 Å². The first-order valence-corrected chi connectivity index (χ1v) is 8.06. The number of rotatable bonds is 9. The number of alkyl halides is 3. The van der Waals surface area contributed by atoms with Gasteiger partial charge in [-0.25, -0.2) is 9.36 Å². The van der Waals surface area contributed by atoms with Crippen LogP contribution in [-0.2, 0) is 23.1 Å². The summed E-state index contributed by atoms with van der Waals surface area (Å²) in [5, 5.41) is 1.41. The molecule has 0 aliphatic rings. The second-order valence-electron chi connectivity index (χ2n) is 4.15. The Labute approximate surface area is 131 Å². The molecular weight excluding hydrogens is 342 g/mol. The van der Waals surface area contributed by atoms with Crippen LogP contribution in [0.4, 0.5) is 18.0 Å². The summed E-state index contributed by atoms with van der Waals surface area (Å²) in [5.41, 5.74) is -5.13. The Morgan fingerprint density at radius 1 is 1.22 bits per heavy atom. The van der Waals surface area contributed by atoms with E-state index in [4.69, 9.17) is 0 Å². The number of hydrogen-bond donors (Lipinski definition) is 1. The van der Waals surface area contributed by atoms with E-state index in [2.05, 4.69) is 20.4 Å². The molecule has 0 saturated heterocycles. The molecule has 1 N–H and O–H groups in total. The first-order chi connectivity index (χ1) is 10.5. The van der Waals surface area contributed by atoms with E-state index in [1.807, 2.05) is 0 Å². The number of carbonyl (C=O) groups is 2. The number of carbonyl (C=O) groups excluding carboxylic acids is 2. The molecule has 23 heavy (non-hydrogen) atoms. The number of ether oxygens (including phenoxy) is 1. The van der Waals surface area contributed by atoms with Crippen molar-refractivity contribution in [3.63, 3.8) is 0 Å². The quantitative estimate of drug-likeness (QED) is 0.386. The smallest absolute Gasteiger partial charge is 0.422 e. The lowest BCUT2D eigenvalue weighted by Crippen LogP contribution is -2.64. The second-order valence-corrected chi connectivity index (χ2v) is 6.07. The number of hydrogen-bond acceptors (Lipinski definition) is 6. The van der Waals surface area contributed by atoms with Gasteiger partial charge in [0.1, 0.15) is 0 Å². The van der Waals surface area contributed by atoms with Gasteiger partial charge in [0, 0.05) is 6.42 Å². The van der Waals surface area contributed by atoms with Crippen LogP contribution in [0.2, 0.25) is 0 Å². The van der Waals surface area contributed by atoms with Crippen LogP contribution < -0.4 is 5.32 Å². The van der Waals surface area contributed by atoms with Crippen molar-refractivity contribution in [2.75, 3.05) is 20.3 Å². The first-order valence-electron chi connectivity index (χ1n) is 6.52. The fourth-order valence-electron chi connectivity index (χ4n) is 1.62. The van der Waals surface area contributed by atoms with Crippen molar-refractivity contribution in [2.45, 2.75) is 32.0 Å². The summed E-state index contributed by atoms with van der Waals surface area (Å²) in [7, 11) is -3.82. The monoisotopic (exact) mass is 361 g/mol. The van der Waals surface area contributed by atoms with Gasteiger partial charge in [-0.05, 0) is 13.8 Å². The number of halogens is 3. The third kappa shape index (κ3) is 4.79. The highest BCUT2D eigenvalue weighted by molar-refractivity contribution is 7.71. The molecule has 11 heteroatoms. The lowest BCUT2D eigenvalue weighted by Gasteiger charge is -2.33. The molecule has 0 aromatic heterocycles. The molecule has 0 bridgehead atoms. The molecule has 0 saturated carbocycles. The molecule has 0 aromatic rings. The van der Waals surface area contributed by atoms with Crippen LogP contribution in [0.15, 0.2) is 12.7 Å². The Morgan fingerprint density at radius 2 is 1.70 bits per heavy atom. The minimum atomic E-state index is -5.23. The van der Waals surface area contributed by atoms with E-state index in [9.17, 15) is 27.3 Å². The van der Waals surface area contributed by atoms with Gasteiger partial charge in [0.2, 0.25) is 5.54 Å². The normalized spacial score (nSPS) is 14.7. The molecule has 0 aliphatic carbocycles. The topological polar surface area (TPSA) is 90.9 Å². The zero-order valence-corrected chi connectivity index (χ0v) is 13.8. The van der Waals surface area contributed by atoms with E-state index in [1.54, 1.807) is 0 Å². The van der Waals surface area contributed by atoms with Gasteiger partial charge in [0.15, 0.2) is 0 Å². The van der Waals surface area contributed by atoms with Gasteiger partial charge in [-0.2, -0.15) is 13.2 Å². The predicted octanol–water partition coefficient (Wildman–Crippen LogP) is 3.01. The predicted molar refractivity (Wildman–Crippen MR) is 75.0 cm³/mol. The van der Waals surface area contributed by atoms with E-state index in [-0.39, 0.29) is 13.2 Å². The fourth-order valence-corrected chi connectivity index (χ4v) is 2.94. The zero-order valence-electron chi connectivity index (χ0n) is 12.9. The Morgan fingerprint density at radius 3 is 2.00 bits per heavy atom. The van der Waals surface area contributed by atoms with Gasteiger partial charge in [-0.3, -0.25) is 4.79 Å². The summed E-state index contributed by atoms with van der Waals surface area (Å²) in [6.45, 7) is 5.38. The van der Waals surface area contributed by atoms with Crippen molar-refractivity contribution in [1.29, 1.82) is 0 Å². The van der Waals surface area contributed by atoms with Gasteiger partial charge in [-0.15, -0.1) is 6.58 Å². The summed E-state index contributed by atoms with van der Waals surface area (Å²) in [6, 6.07) is 0. The van der Waals surface area contributed by atoms with Gasteiger partial charge < -0.3 is 19.1 Å². The molecule has 1 amide bonds. The van der Waals surface area contributed by atoms with Crippen LogP contribution in [-0.4, -0.2) is 43.7 Å². The molecule has 0 fully saturated rings. The molecule has 1 atom stereocenters. The highest BCUT2D eigenvalue weighted by Gasteiger charge is 2.63. The second kappa shape index (κ2) is 8.47. The molecule has 7 nitrogen and oxygen atoms in total. The molecule has 0 aromatic carbocycles. The lowest BCUT2D eigenvalue weighted by atomic mass is 9.94. The number of amides is 1. The molecule has 0 aliphatic heterocycles. The standard InChI is InChI=1S/C12H19F3NO6P/c1-5-8-11(9(17)20-4,12(13,14)15)16-10(18)23(19,21-6-2)22-7-3/h5H,1,6-8H2,2-4H3,(H,16,18). The maximum atomic E-state index is 13.4. The minimum Gasteiger partial charge on any atom is -0.467 e. The summed E-state index contributed by atoms with van der Waals surface area (Å²) in [6.07, 6.45) is -5.47. The van der Waals surface area contributed by atoms with Gasteiger partial charge in [-0.1, -0.05) is 6.08 Å². The zero-order chi connectivity index (χ0) is 18.3. The average Bonchev–Trinajstić information content (AvgIpc) is 2.44. The van der Waals surface area contributed by atoms with Gasteiger partial charge >= 0.3 is 25.4 Å². The van der Waals surface area contributed by atoms with Crippen molar-refractivity contribution in [1.82, 2.24) is 5.32 Å². The molecule has 1 unspecified atom stereocenters. The van der Waals surface area contributed by atoms with Gasteiger partial charge in [0.25, 0.3) is 0 Å². The summed E-state index contributed by atoms with van der Waals surface area (Å²) >= 11 is 0. The third-order valence-corrected chi connectivity index (χ3v) is 4.44. The highest BCUT2D eigenvalue weighted by Crippen LogP contribution is 2.50. The van der Waals surface area contributed by atoms with E-state index in [0.29, 0.717) is 0 Å². The van der Waals surface area contributed by atoms with E-state index in [0.717, 1.165) is 13.2 Å². The Kier molecular flexibility index (Phi) is 7.96. The number of esters is 1. The van der Waals surface area contributed by atoms with E-state index >= 15 is 0 Å². The Balaban J connectivity index is 5.86. The largest absolute Gasteiger partial charge is 0.467 e. The third-order valence-electron chi connectivity index (χ3n) is 2.64. The molecule has 0 heterocycles. The average molecular weight is 361 g/mol. The highest BCUT2D eigenvalue weighted by atomic mass is 31.2. The molecule has 0 rings (SSSR count). The lowest BCUT2D eigenvalue weighted by molar-refractivity contribution is -0.208. The summed E-state index contributed by atoms with van der Waals surface area (Å²) < 4.78 is 65.8. The first kappa shape index (κ1) is 21.6. The molecule has 0 spiro atoms. The van der Waals surface area contributed by atoms with E-state index in [1.165, 1.54) is 19.2 Å². The van der Waals surface area contributed by atoms with Crippen LogP contribution in [0, 0.1) is 0 Å². The van der Waals surface area contributed by atoms with Crippen LogP contribution in [0.5, 0.6) is 0 Å². The number of methoxy groups -OCH3 is 1. The van der Waals surface area contributed by atoms with Crippen LogP contribution in [0.25, 0.3) is 0 Å². The maximum absolute atomic E-state index is 13.4. The molecule has 134 valence electrons. The SMILES string of the molecule is C=CCC(NC(=O)P(=O)(OCC)OCC)(C(=O)OC)C(F)(F)F. The number of nitrogens with one attached hydrogen (secondary N) is 1. The van der Waals surface area contributed by atoms with Crippen molar-refractivity contribution in [2.24, 2.45) is 0 Å². The fraction of sp³-hybridized carbons (Fsp3) is 0.667. The molecule has 0 radical (unpaired) electrons. The van der Waals surface area contributed by atoms with Crippen LogP contribution >= 0.6 is 7.60 Å². The Hall–Kier alpha value is -1.38. The van der Waals surface area contributed by atoms with Crippen molar-refractivity contribution >= 4 is 19.2 Å². The minimum absolute atomic E-state index is 0.247. The summed E-state index contributed by atoms with van der Waals surface area (Å²) in [5.74, 6) is -1.78. The van der Waals surface area contributed by atoms with Crippen molar-refractivity contribution in [3.8, 4) is 0 Å².